The minimum atomic E-state index is 0.343. The van der Waals surface area contributed by atoms with E-state index in [1.54, 1.807) is 14.2 Å². The van der Waals surface area contributed by atoms with Gasteiger partial charge in [-0.25, -0.2) is 0 Å². The Morgan fingerprint density at radius 3 is 2.19 bits per heavy atom. The summed E-state index contributed by atoms with van der Waals surface area (Å²) in [6.07, 6.45) is 0.983. The van der Waals surface area contributed by atoms with E-state index < -0.39 is 0 Å². The molecule has 0 saturated heterocycles. The van der Waals surface area contributed by atoms with E-state index in [0.29, 0.717) is 17.4 Å². The van der Waals surface area contributed by atoms with Crippen molar-refractivity contribution in [2.75, 3.05) is 20.8 Å². The number of nitrogens with one attached hydrogen (secondary N) is 1. The second kappa shape index (κ2) is 7.69. The van der Waals surface area contributed by atoms with E-state index in [2.05, 4.69) is 52.1 Å². The van der Waals surface area contributed by atoms with Gasteiger partial charge in [-0.1, -0.05) is 33.8 Å². The Hall–Kier alpha value is -1.22. The van der Waals surface area contributed by atoms with Crippen molar-refractivity contribution in [3.63, 3.8) is 0 Å². The van der Waals surface area contributed by atoms with Gasteiger partial charge in [-0.05, 0) is 48.9 Å². The highest BCUT2D eigenvalue weighted by Gasteiger charge is 2.20. The number of benzene rings is 1. The highest BCUT2D eigenvalue weighted by molar-refractivity contribution is 5.43. The molecule has 3 nitrogen and oxygen atoms in total. The van der Waals surface area contributed by atoms with Crippen LogP contribution in [0.25, 0.3) is 0 Å². The van der Waals surface area contributed by atoms with Crippen molar-refractivity contribution in [1.29, 1.82) is 0 Å². The van der Waals surface area contributed by atoms with Crippen LogP contribution in [0.1, 0.15) is 40.2 Å². The van der Waals surface area contributed by atoms with Crippen LogP contribution in [0.15, 0.2) is 18.2 Å². The van der Waals surface area contributed by atoms with Gasteiger partial charge in [0.25, 0.3) is 0 Å². The van der Waals surface area contributed by atoms with Gasteiger partial charge in [0.05, 0.1) is 14.2 Å². The lowest BCUT2D eigenvalue weighted by atomic mass is 9.82. The molecule has 0 aromatic heterocycles. The van der Waals surface area contributed by atoms with E-state index in [1.165, 1.54) is 5.56 Å². The van der Waals surface area contributed by atoms with E-state index in [0.717, 1.165) is 24.5 Å². The van der Waals surface area contributed by atoms with Crippen molar-refractivity contribution < 1.29 is 9.47 Å². The molecule has 2 unspecified atom stereocenters. The topological polar surface area (TPSA) is 30.5 Å². The molecule has 0 radical (unpaired) electrons. The second-order valence-electron chi connectivity index (χ2n) is 6.97. The molecule has 21 heavy (non-hydrogen) atoms. The molecular weight excluding hydrogens is 262 g/mol. The lowest BCUT2D eigenvalue weighted by Crippen LogP contribution is -2.36. The first-order valence-corrected chi connectivity index (χ1v) is 7.72. The van der Waals surface area contributed by atoms with Crippen molar-refractivity contribution in [2.45, 2.75) is 47.1 Å². The number of hydrogen-bond acceptors (Lipinski definition) is 3. The molecule has 0 saturated carbocycles. The molecule has 2 atom stereocenters. The Kier molecular flexibility index (Phi) is 6.53. The van der Waals surface area contributed by atoms with E-state index in [1.807, 2.05) is 6.07 Å². The Bertz CT molecular complexity index is 437. The Morgan fingerprint density at radius 1 is 1.05 bits per heavy atom. The molecule has 0 aliphatic heterocycles. The van der Waals surface area contributed by atoms with Gasteiger partial charge in [-0.2, -0.15) is 0 Å². The van der Waals surface area contributed by atoms with Crippen LogP contribution in [0.2, 0.25) is 0 Å². The summed E-state index contributed by atoms with van der Waals surface area (Å²) in [6.45, 7) is 12.4. The highest BCUT2D eigenvalue weighted by atomic mass is 16.5. The summed E-state index contributed by atoms with van der Waals surface area (Å²) < 4.78 is 10.6. The fourth-order valence-electron chi connectivity index (χ4n) is 2.12. The molecule has 0 spiro atoms. The maximum Gasteiger partial charge on any atom is 0.160 e. The summed E-state index contributed by atoms with van der Waals surface area (Å²) in [5.74, 6) is 2.22. The predicted molar refractivity (Wildman–Crippen MR) is 89.3 cm³/mol. The van der Waals surface area contributed by atoms with Gasteiger partial charge in [0.15, 0.2) is 11.5 Å². The van der Waals surface area contributed by atoms with Crippen LogP contribution >= 0.6 is 0 Å². The molecule has 120 valence electrons. The number of rotatable bonds is 7. The largest absolute Gasteiger partial charge is 0.493 e. The minimum absolute atomic E-state index is 0.343. The zero-order valence-electron chi connectivity index (χ0n) is 14.6. The number of hydrogen-bond donors (Lipinski definition) is 1. The smallest absolute Gasteiger partial charge is 0.160 e. The molecule has 0 aliphatic carbocycles. The van der Waals surface area contributed by atoms with Gasteiger partial charge in [-0.15, -0.1) is 0 Å². The third-order valence-corrected chi connectivity index (χ3v) is 4.24. The lowest BCUT2D eigenvalue weighted by Gasteiger charge is -2.29. The lowest BCUT2D eigenvalue weighted by molar-refractivity contribution is 0.246. The summed E-state index contributed by atoms with van der Waals surface area (Å²) in [7, 11) is 3.34. The molecule has 0 bridgehead atoms. The molecule has 1 aromatic rings. The maximum absolute atomic E-state index is 5.36. The Morgan fingerprint density at radius 2 is 1.67 bits per heavy atom. The molecule has 1 N–H and O–H groups in total. The van der Waals surface area contributed by atoms with Crippen LogP contribution in [0.5, 0.6) is 11.5 Å². The summed E-state index contributed by atoms with van der Waals surface area (Å²) in [6, 6.07) is 6.57. The van der Waals surface area contributed by atoms with Gasteiger partial charge in [0.2, 0.25) is 0 Å². The Balaban J connectivity index is 2.57. The maximum atomic E-state index is 5.36. The SMILES string of the molecule is COc1ccc(CC(C)NCC(C)C(C)(C)C)cc1OC. The molecular formula is C18H31NO2. The van der Waals surface area contributed by atoms with Crippen molar-refractivity contribution >= 4 is 0 Å². The number of methoxy groups -OCH3 is 2. The highest BCUT2D eigenvalue weighted by Crippen LogP contribution is 2.28. The van der Waals surface area contributed by atoms with Crippen LogP contribution in [0.3, 0.4) is 0 Å². The first-order valence-electron chi connectivity index (χ1n) is 7.72. The summed E-state index contributed by atoms with van der Waals surface area (Å²) >= 11 is 0. The van der Waals surface area contributed by atoms with Gasteiger partial charge in [-0.3, -0.25) is 0 Å². The van der Waals surface area contributed by atoms with Crippen molar-refractivity contribution in [1.82, 2.24) is 5.32 Å². The van der Waals surface area contributed by atoms with E-state index in [9.17, 15) is 0 Å². The first-order chi connectivity index (χ1) is 9.77. The third kappa shape index (κ3) is 5.58. The molecule has 0 heterocycles. The van der Waals surface area contributed by atoms with E-state index >= 15 is 0 Å². The van der Waals surface area contributed by atoms with Crippen molar-refractivity contribution in [3.05, 3.63) is 23.8 Å². The third-order valence-electron chi connectivity index (χ3n) is 4.24. The summed E-state index contributed by atoms with van der Waals surface area (Å²) in [5, 5.41) is 3.63. The number of ether oxygens (including phenoxy) is 2. The minimum Gasteiger partial charge on any atom is -0.493 e. The standard InChI is InChI=1S/C18H31NO2/c1-13(18(3,4)5)12-19-14(2)10-15-8-9-16(20-6)17(11-15)21-7/h8-9,11,13-14,19H,10,12H2,1-7H3. The van der Waals surface area contributed by atoms with Crippen molar-refractivity contribution in [2.24, 2.45) is 11.3 Å². The average molecular weight is 293 g/mol. The molecule has 0 aliphatic rings. The quantitative estimate of drug-likeness (QED) is 0.827. The molecule has 1 aromatic carbocycles. The summed E-state index contributed by atoms with van der Waals surface area (Å²) in [5.41, 5.74) is 1.60. The van der Waals surface area contributed by atoms with Crippen molar-refractivity contribution in [3.8, 4) is 11.5 Å². The monoisotopic (exact) mass is 293 g/mol. The van der Waals surface area contributed by atoms with Gasteiger partial charge < -0.3 is 14.8 Å². The first kappa shape index (κ1) is 17.8. The zero-order chi connectivity index (χ0) is 16.0. The van der Waals surface area contributed by atoms with Gasteiger partial charge in [0, 0.05) is 6.04 Å². The predicted octanol–water partition coefficient (Wildman–Crippen LogP) is 3.91. The van der Waals surface area contributed by atoms with E-state index in [-0.39, 0.29) is 0 Å². The summed E-state index contributed by atoms with van der Waals surface area (Å²) in [4.78, 5) is 0. The molecule has 0 fully saturated rings. The molecule has 1 rings (SSSR count). The zero-order valence-corrected chi connectivity index (χ0v) is 14.6. The molecule has 0 amide bonds. The van der Waals surface area contributed by atoms with Crippen LogP contribution < -0.4 is 14.8 Å². The van der Waals surface area contributed by atoms with Crippen LogP contribution in [-0.4, -0.2) is 26.8 Å². The fraction of sp³-hybridized carbons (Fsp3) is 0.667. The second-order valence-corrected chi connectivity index (χ2v) is 6.97. The van der Waals surface area contributed by atoms with Crippen LogP contribution in [0.4, 0.5) is 0 Å². The average Bonchev–Trinajstić information content (AvgIpc) is 2.43. The Labute approximate surface area is 130 Å². The molecule has 3 heteroatoms. The van der Waals surface area contributed by atoms with Crippen LogP contribution in [0, 0.1) is 11.3 Å². The van der Waals surface area contributed by atoms with Crippen LogP contribution in [-0.2, 0) is 6.42 Å². The van der Waals surface area contributed by atoms with Gasteiger partial charge >= 0.3 is 0 Å². The normalized spacial score (nSPS) is 14.6. The van der Waals surface area contributed by atoms with Gasteiger partial charge in [0.1, 0.15) is 0 Å². The van der Waals surface area contributed by atoms with E-state index in [4.69, 9.17) is 9.47 Å². The fourth-order valence-corrected chi connectivity index (χ4v) is 2.12.